The number of rotatable bonds is 6. The highest BCUT2D eigenvalue weighted by molar-refractivity contribution is 7.80. The zero-order chi connectivity index (χ0) is 23.1. The first kappa shape index (κ1) is 22.7. The number of phenols is 2. The number of nitrogens with zero attached hydrogens (tertiary/aromatic N) is 3. The Morgan fingerprint density at radius 2 is 1.97 bits per heavy atom. The first-order valence-electron chi connectivity index (χ1n) is 9.05. The van der Waals surface area contributed by atoms with Crippen molar-refractivity contribution in [3.8, 4) is 11.5 Å². The van der Waals surface area contributed by atoms with Gasteiger partial charge in [-0.2, -0.15) is 13.5 Å². The Labute approximate surface area is 176 Å². The third-order valence-corrected chi connectivity index (χ3v) is 5.45. The van der Waals surface area contributed by atoms with Gasteiger partial charge in [0, 0.05) is 30.6 Å². The van der Waals surface area contributed by atoms with E-state index in [0.29, 0.717) is 10.1 Å². The summed E-state index contributed by atoms with van der Waals surface area (Å²) >= 11 is 0. The van der Waals surface area contributed by atoms with Gasteiger partial charge < -0.3 is 20.8 Å². The van der Waals surface area contributed by atoms with Crippen LogP contribution in [0.1, 0.15) is 30.9 Å². The summed E-state index contributed by atoms with van der Waals surface area (Å²) < 4.78 is 35.0. The predicted molar refractivity (Wildman–Crippen MR) is 101 cm³/mol. The van der Waals surface area contributed by atoms with Crippen molar-refractivity contribution in [2.45, 2.75) is 37.4 Å². The number of amides is 4. The number of carbonyl (C=O) groups is 3. The average Bonchev–Trinajstić information content (AvgIpc) is 2.90. The number of aromatic hydroxyl groups is 2. The van der Waals surface area contributed by atoms with Crippen LogP contribution in [0.2, 0.25) is 0 Å². The predicted octanol–water partition coefficient (Wildman–Crippen LogP) is -1.28. The number of carbonyl (C=O) groups excluding carboxylic acids is 3. The quantitative estimate of drug-likeness (QED) is 0.146. The molecular formula is C16H21N5O9S. The minimum absolute atomic E-state index is 0.0618. The number of benzene rings is 1. The third-order valence-electron chi connectivity index (χ3n) is 5.10. The maximum atomic E-state index is 12.7. The van der Waals surface area contributed by atoms with E-state index in [4.69, 9.17) is 16.1 Å². The molecule has 1 aromatic rings. The number of nitrogens with two attached hydrogens (primary N) is 2. The minimum atomic E-state index is -4.94. The number of hydrazine groups is 1. The number of urea groups is 1. The summed E-state index contributed by atoms with van der Waals surface area (Å²) in [4.78, 5) is 38.6. The van der Waals surface area contributed by atoms with Crippen molar-refractivity contribution >= 4 is 28.2 Å². The van der Waals surface area contributed by atoms with E-state index < -0.39 is 52.8 Å². The lowest BCUT2D eigenvalue weighted by Crippen LogP contribution is -2.55. The van der Waals surface area contributed by atoms with Crippen molar-refractivity contribution in [3.05, 3.63) is 23.8 Å². The highest BCUT2D eigenvalue weighted by Gasteiger charge is 2.50. The Morgan fingerprint density at radius 3 is 2.58 bits per heavy atom. The summed E-state index contributed by atoms with van der Waals surface area (Å²) in [5.41, 5.74) is 6.05. The molecule has 0 spiro atoms. The fourth-order valence-electron chi connectivity index (χ4n) is 3.61. The zero-order valence-corrected chi connectivity index (χ0v) is 16.8. The molecule has 3 rings (SSSR count). The Balaban J connectivity index is 1.67. The minimum Gasteiger partial charge on any atom is -0.508 e. The van der Waals surface area contributed by atoms with Gasteiger partial charge in [0.15, 0.2) is 0 Å². The highest BCUT2D eigenvalue weighted by atomic mass is 32.3. The van der Waals surface area contributed by atoms with Gasteiger partial charge in [0.2, 0.25) is 5.91 Å². The molecule has 0 aromatic heterocycles. The normalized spacial score (nSPS) is 21.8. The summed E-state index contributed by atoms with van der Waals surface area (Å²) in [5, 5.41) is 20.0. The van der Waals surface area contributed by atoms with Crippen LogP contribution < -0.4 is 11.6 Å². The van der Waals surface area contributed by atoms with E-state index in [0.717, 1.165) is 11.0 Å². The van der Waals surface area contributed by atoms with Crippen LogP contribution in [0.3, 0.4) is 0 Å². The molecule has 170 valence electrons. The Bertz CT molecular complexity index is 1020. The SMILES string of the molecule is N[C@H](CC(=O)N(N)C(=O)C1CC[C@@H]2CN1C(=O)N2OS(=O)(=O)O)c1ccc(O)cc1O. The fourth-order valence-corrected chi connectivity index (χ4v) is 4.00. The van der Waals surface area contributed by atoms with Crippen LogP contribution >= 0.6 is 0 Å². The van der Waals surface area contributed by atoms with Gasteiger partial charge in [-0.15, -0.1) is 4.28 Å². The summed E-state index contributed by atoms with van der Waals surface area (Å²) in [7, 11) is -4.94. The lowest BCUT2D eigenvalue weighted by molar-refractivity contribution is -0.148. The van der Waals surface area contributed by atoms with Gasteiger partial charge in [0.25, 0.3) is 5.91 Å². The van der Waals surface area contributed by atoms with Crippen LogP contribution in [-0.4, -0.2) is 74.6 Å². The first-order valence-corrected chi connectivity index (χ1v) is 10.4. The molecule has 0 saturated carbocycles. The third kappa shape index (κ3) is 4.70. The van der Waals surface area contributed by atoms with Crippen LogP contribution in [0.5, 0.6) is 11.5 Å². The van der Waals surface area contributed by atoms with Crippen LogP contribution in [0.25, 0.3) is 0 Å². The second-order valence-corrected chi connectivity index (χ2v) is 8.17. The van der Waals surface area contributed by atoms with E-state index in [1.165, 1.54) is 12.1 Å². The van der Waals surface area contributed by atoms with E-state index >= 15 is 0 Å². The number of piperidine rings is 1. The molecule has 31 heavy (non-hydrogen) atoms. The summed E-state index contributed by atoms with van der Waals surface area (Å²) in [5.74, 6) is 3.32. The number of hydrogen-bond donors (Lipinski definition) is 5. The van der Waals surface area contributed by atoms with Gasteiger partial charge in [-0.3, -0.25) is 14.1 Å². The lowest BCUT2D eigenvalue weighted by atomic mass is 9.99. The maximum Gasteiger partial charge on any atom is 0.418 e. The van der Waals surface area contributed by atoms with Crippen molar-refractivity contribution in [1.29, 1.82) is 0 Å². The molecule has 4 amide bonds. The van der Waals surface area contributed by atoms with Crippen molar-refractivity contribution < 1.29 is 41.9 Å². The van der Waals surface area contributed by atoms with E-state index in [1.807, 2.05) is 0 Å². The largest absolute Gasteiger partial charge is 0.508 e. The molecule has 2 fully saturated rings. The number of hydrogen-bond acceptors (Lipinski definition) is 10. The highest BCUT2D eigenvalue weighted by Crippen LogP contribution is 2.32. The molecule has 0 radical (unpaired) electrons. The average molecular weight is 459 g/mol. The van der Waals surface area contributed by atoms with E-state index in [9.17, 15) is 33.0 Å². The van der Waals surface area contributed by atoms with Crippen LogP contribution in [-0.2, 0) is 24.3 Å². The van der Waals surface area contributed by atoms with Gasteiger partial charge in [-0.05, 0) is 18.9 Å². The monoisotopic (exact) mass is 459 g/mol. The summed E-state index contributed by atoms with van der Waals surface area (Å²) in [6, 6.07) is -0.220. The van der Waals surface area contributed by atoms with E-state index in [2.05, 4.69) is 4.28 Å². The molecule has 14 nitrogen and oxygen atoms in total. The van der Waals surface area contributed by atoms with Gasteiger partial charge in [0.05, 0.1) is 6.04 Å². The molecule has 15 heteroatoms. The van der Waals surface area contributed by atoms with Crippen LogP contribution in [0, 0.1) is 0 Å². The molecule has 2 aliphatic heterocycles. The van der Waals surface area contributed by atoms with Crippen molar-refractivity contribution in [2.24, 2.45) is 11.6 Å². The fraction of sp³-hybridized carbons (Fsp3) is 0.438. The Morgan fingerprint density at radius 1 is 1.29 bits per heavy atom. The van der Waals surface area contributed by atoms with Gasteiger partial charge in [-0.25, -0.2) is 15.6 Å². The number of phenolic OH excluding ortho intramolecular Hbond substituents is 2. The molecule has 3 atom stereocenters. The molecule has 0 aliphatic carbocycles. The molecule has 2 aliphatic rings. The maximum absolute atomic E-state index is 12.7. The molecular weight excluding hydrogens is 438 g/mol. The van der Waals surface area contributed by atoms with Gasteiger partial charge in [0.1, 0.15) is 17.5 Å². The molecule has 2 saturated heterocycles. The molecule has 2 bridgehead atoms. The molecule has 2 heterocycles. The zero-order valence-electron chi connectivity index (χ0n) is 16.0. The number of imide groups is 1. The van der Waals surface area contributed by atoms with Crippen molar-refractivity contribution in [2.75, 3.05) is 6.54 Å². The second-order valence-electron chi connectivity index (χ2n) is 7.17. The topological polar surface area (TPSA) is 217 Å². The summed E-state index contributed by atoms with van der Waals surface area (Å²) in [6.45, 7) is -0.0618. The standard InChI is InChI=1S/C16H21N5O9S/c17-11(10-3-2-9(22)5-13(10)23)6-14(24)20(18)15(25)12-4-1-8-7-19(12)16(26)21(8)30-31(27,28)29/h2-3,5,8,11-12,22-23H,1,4,6-7,17-18H2,(H,27,28,29)/t8-,11-,12?/m1/s1. The van der Waals surface area contributed by atoms with Gasteiger partial charge in [-0.1, -0.05) is 6.07 Å². The molecule has 1 aromatic carbocycles. The van der Waals surface area contributed by atoms with E-state index in [-0.39, 0.29) is 36.4 Å². The Kier molecular flexibility index (Phi) is 6.06. The number of hydroxylamine groups is 2. The molecule has 7 N–H and O–H groups in total. The molecule has 1 unspecified atom stereocenters. The van der Waals surface area contributed by atoms with Crippen LogP contribution in [0.4, 0.5) is 4.79 Å². The van der Waals surface area contributed by atoms with Crippen molar-refractivity contribution in [1.82, 2.24) is 15.0 Å². The first-order chi connectivity index (χ1) is 14.4. The lowest BCUT2D eigenvalue weighted by Gasteiger charge is -2.31. The smallest absolute Gasteiger partial charge is 0.418 e. The van der Waals surface area contributed by atoms with Crippen molar-refractivity contribution in [3.63, 3.8) is 0 Å². The van der Waals surface area contributed by atoms with E-state index in [1.54, 1.807) is 0 Å². The Hall–Kier alpha value is -2.98. The summed E-state index contributed by atoms with van der Waals surface area (Å²) in [6.07, 6.45) is -0.217. The number of fused-ring (bicyclic) bond motifs is 2. The second kappa shape index (κ2) is 8.27. The van der Waals surface area contributed by atoms with Crippen LogP contribution in [0.15, 0.2) is 18.2 Å². The van der Waals surface area contributed by atoms with Gasteiger partial charge >= 0.3 is 16.4 Å².